The minimum absolute atomic E-state index is 0.904. The van der Waals surface area contributed by atoms with Gasteiger partial charge in [-0.3, -0.25) is 0 Å². The zero-order valence-corrected chi connectivity index (χ0v) is 33.9. The highest BCUT2D eigenvalue weighted by molar-refractivity contribution is 7.25. The first-order valence-electron chi connectivity index (χ1n) is 20.7. The van der Waals surface area contributed by atoms with E-state index in [-0.39, 0.29) is 0 Å². The maximum Gasteiger partial charge on any atom is 0.143 e. The maximum atomic E-state index is 6.47. The summed E-state index contributed by atoms with van der Waals surface area (Å²) in [6.45, 7) is 0. The van der Waals surface area contributed by atoms with Crippen LogP contribution in [0.25, 0.3) is 97.4 Å². The molecule has 0 fully saturated rings. The first-order chi connectivity index (χ1) is 30.3. The number of anilines is 3. The Morgan fingerprint density at radius 1 is 0.328 bits per heavy atom. The Bertz CT molecular complexity index is 3590. The molecule has 3 heteroatoms. The van der Waals surface area contributed by atoms with Crippen molar-refractivity contribution in [3.8, 4) is 44.5 Å². The van der Waals surface area contributed by atoms with Gasteiger partial charge in [-0.15, -0.1) is 11.3 Å². The minimum atomic E-state index is 0.904. The van der Waals surface area contributed by atoms with Crippen molar-refractivity contribution >= 4 is 81.3 Å². The molecule has 0 unspecified atom stereocenters. The molecular formula is C58H37NOS. The first kappa shape index (κ1) is 35.2. The van der Waals surface area contributed by atoms with Crippen molar-refractivity contribution in [3.63, 3.8) is 0 Å². The lowest BCUT2D eigenvalue weighted by molar-refractivity contribution is 0.670. The van der Waals surface area contributed by atoms with E-state index >= 15 is 0 Å². The molecule has 0 spiro atoms. The standard InChI is InChI=1S/C58H37NOS/c1-2-16-43-38(14-1)15-11-23-47(43)46-18-4-3-17-44(46)39-30-34-41(35-31-39)59(42-36-32-40(33-37-42)45-22-12-25-51-49-20-6-9-27-54(49)60-58(45)51)53-26-8-5-19-48(53)50-24-13-29-56-57(50)52-21-7-10-28-55(52)61-56/h1-37H. The maximum absolute atomic E-state index is 6.47. The number of para-hydroxylation sites is 3. The molecule has 0 saturated heterocycles. The molecule has 0 saturated carbocycles. The molecule has 0 bridgehead atoms. The number of hydrogen-bond acceptors (Lipinski definition) is 3. The fourth-order valence-electron chi connectivity index (χ4n) is 9.31. The molecule has 12 aromatic rings. The Hall–Kier alpha value is -7.72. The second-order valence-corrected chi connectivity index (χ2v) is 16.7. The quantitative estimate of drug-likeness (QED) is 0.160. The minimum Gasteiger partial charge on any atom is -0.455 e. The van der Waals surface area contributed by atoms with Gasteiger partial charge in [-0.25, -0.2) is 0 Å². The first-order valence-corrected chi connectivity index (χ1v) is 21.6. The van der Waals surface area contributed by atoms with E-state index in [2.05, 4.69) is 217 Å². The van der Waals surface area contributed by atoms with E-state index < -0.39 is 0 Å². The molecule has 0 aliphatic carbocycles. The van der Waals surface area contributed by atoms with Crippen LogP contribution < -0.4 is 4.90 Å². The number of nitrogens with zero attached hydrogens (tertiary/aromatic N) is 1. The summed E-state index contributed by atoms with van der Waals surface area (Å²) in [4.78, 5) is 2.41. The van der Waals surface area contributed by atoms with Crippen LogP contribution in [0.3, 0.4) is 0 Å². The number of benzene rings is 10. The molecule has 0 atom stereocenters. The second kappa shape index (κ2) is 14.5. The zero-order chi connectivity index (χ0) is 40.3. The van der Waals surface area contributed by atoms with Crippen molar-refractivity contribution in [2.75, 3.05) is 4.90 Å². The van der Waals surface area contributed by atoms with E-state index in [4.69, 9.17) is 4.42 Å². The average Bonchev–Trinajstić information content (AvgIpc) is 3.91. The van der Waals surface area contributed by atoms with Gasteiger partial charge in [-0.1, -0.05) is 176 Å². The van der Waals surface area contributed by atoms with Crippen LogP contribution in [0.15, 0.2) is 229 Å². The van der Waals surface area contributed by atoms with Crippen molar-refractivity contribution in [2.45, 2.75) is 0 Å². The summed E-state index contributed by atoms with van der Waals surface area (Å²) in [6, 6.07) is 81.2. The van der Waals surface area contributed by atoms with Crippen LogP contribution >= 0.6 is 11.3 Å². The molecule has 0 aliphatic rings. The van der Waals surface area contributed by atoms with Gasteiger partial charge in [0.1, 0.15) is 11.2 Å². The van der Waals surface area contributed by atoms with Crippen molar-refractivity contribution < 1.29 is 4.42 Å². The summed E-state index contributed by atoms with van der Waals surface area (Å²) in [6.07, 6.45) is 0. The van der Waals surface area contributed by atoms with Crippen molar-refractivity contribution in [3.05, 3.63) is 224 Å². The number of hydrogen-bond donors (Lipinski definition) is 0. The molecule has 286 valence electrons. The lowest BCUT2D eigenvalue weighted by atomic mass is 9.91. The van der Waals surface area contributed by atoms with E-state index in [1.54, 1.807) is 0 Å². The van der Waals surface area contributed by atoms with Crippen LogP contribution in [0.2, 0.25) is 0 Å². The Labute approximate surface area is 357 Å². The molecule has 2 nitrogen and oxygen atoms in total. The van der Waals surface area contributed by atoms with E-state index in [0.29, 0.717) is 0 Å². The van der Waals surface area contributed by atoms with Gasteiger partial charge >= 0.3 is 0 Å². The highest BCUT2D eigenvalue weighted by atomic mass is 32.1. The average molecular weight is 796 g/mol. The van der Waals surface area contributed by atoms with E-state index in [1.165, 1.54) is 64.3 Å². The summed E-state index contributed by atoms with van der Waals surface area (Å²) in [5.74, 6) is 0. The molecule has 2 heterocycles. The van der Waals surface area contributed by atoms with Gasteiger partial charge in [0.05, 0.1) is 5.69 Å². The Kier molecular flexibility index (Phi) is 8.39. The lowest BCUT2D eigenvalue weighted by Crippen LogP contribution is -2.11. The smallest absolute Gasteiger partial charge is 0.143 e. The van der Waals surface area contributed by atoms with Crippen molar-refractivity contribution in [2.24, 2.45) is 0 Å². The molecule has 2 aromatic heterocycles. The van der Waals surface area contributed by atoms with Crippen LogP contribution in [0.1, 0.15) is 0 Å². The normalized spacial score (nSPS) is 11.6. The summed E-state index contributed by atoms with van der Waals surface area (Å²) in [7, 11) is 0. The van der Waals surface area contributed by atoms with Crippen LogP contribution in [0.4, 0.5) is 17.1 Å². The fraction of sp³-hybridized carbons (Fsp3) is 0. The largest absolute Gasteiger partial charge is 0.455 e. The molecule has 0 radical (unpaired) electrons. The third-order valence-corrected chi connectivity index (χ3v) is 13.3. The van der Waals surface area contributed by atoms with Crippen molar-refractivity contribution in [1.82, 2.24) is 0 Å². The van der Waals surface area contributed by atoms with Gasteiger partial charge in [-0.05, 0) is 92.7 Å². The predicted molar refractivity (Wildman–Crippen MR) is 261 cm³/mol. The van der Waals surface area contributed by atoms with Gasteiger partial charge in [0.25, 0.3) is 0 Å². The second-order valence-electron chi connectivity index (χ2n) is 15.6. The Morgan fingerprint density at radius 3 is 1.67 bits per heavy atom. The van der Waals surface area contributed by atoms with Crippen LogP contribution in [-0.4, -0.2) is 0 Å². The number of fused-ring (bicyclic) bond motifs is 7. The summed E-state index contributed by atoms with van der Waals surface area (Å²) < 4.78 is 9.06. The molecule has 61 heavy (non-hydrogen) atoms. The molecular weight excluding hydrogens is 759 g/mol. The molecule has 12 rings (SSSR count). The highest BCUT2D eigenvalue weighted by Crippen LogP contribution is 2.47. The fourth-order valence-corrected chi connectivity index (χ4v) is 10.4. The van der Waals surface area contributed by atoms with E-state index in [0.717, 1.165) is 50.1 Å². The van der Waals surface area contributed by atoms with E-state index in [9.17, 15) is 0 Å². The van der Waals surface area contributed by atoms with Gasteiger partial charge in [0.15, 0.2) is 0 Å². The number of rotatable bonds is 7. The van der Waals surface area contributed by atoms with Crippen molar-refractivity contribution in [1.29, 1.82) is 0 Å². The van der Waals surface area contributed by atoms with Gasteiger partial charge in [-0.2, -0.15) is 0 Å². The van der Waals surface area contributed by atoms with Crippen LogP contribution in [0.5, 0.6) is 0 Å². The Balaban J connectivity index is 1.01. The number of furan rings is 1. The van der Waals surface area contributed by atoms with Gasteiger partial charge in [0.2, 0.25) is 0 Å². The van der Waals surface area contributed by atoms with Crippen LogP contribution in [0, 0.1) is 0 Å². The lowest BCUT2D eigenvalue weighted by Gasteiger charge is -2.28. The third kappa shape index (κ3) is 5.93. The van der Waals surface area contributed by atoms with Gasteiger partial charge < -0.3 is 9.32 Å². The predicted octanol–water partition coefficient (Wildman–Crippen LogP) is 17.2. The topological polar surface area (TPSA) is 16.4 Å². The Morgan fingerprint density at radius 2 is 0.852 bits per heavy atom. The summed E-state index contributed by atoms with van der Waals surface area (Å²) >= 11 is 1.86. The molecule has 0 aliphatic heterocycles. The van der Waals surface area contributed by atoms with Crippen LogP contribution in [-0.2, 0) is 0 Å². The number of thiophene rings is 1. The zero-order valence-electron chi connectivity index (χ0n) is 33.1. The SMILES string of the molecule is c1ccc(-c2cccc3ccccc23)c(-c2ccc(N(c3ccc(-c4cccc5c4oc4ccccc45)cc3)c3ccccc3-c3cccc4sc5ccccc5c34)cc2)c1. The third-order valence-electron chi connectivity index (χ3n) is 12.1. The highest BCUT2D eigenvalue weighted by Gasteiger charge is 2.21. The monoisotopic (exact) mass is 795 g/mol. The summed E-state index contributed by atoms with van der Waals surface area (Å²) in [5, 5.41) is 7.35. The van der Waals surface area contributed by atoms with Gasteiger partial charge in [0, 0.05) is 53.4 Å². The van der Waals surface area contributed by atoms with E-state index in [1.807, 2.05) is 23.5 Å². The summed E-state index contributed by atoms with van der Waals surface area (Å²) in [5.41, 5.74) is 14.5. The molecule has 0 amide bonds. The molecule has 10 aromatic carbocycles. The molecule has 0 N–H and O–H groups in total.